The zero-order chi connectivity index (χ0) is 18.4. The highest BCUT2D eigenvalue weighted by Crippen LogP contribution is 2.13. The van der Waals surface area contributed by atoms with Gasteiger partial charge in [0.25, 0.3) is 11.8 Å². The fourth-order valence-corrected chi connectivity index (χ4v) is 2.53. The Kier molecular flexibility index (Phi) is 6.78. The third-order valence-corrected chi connectivity index (χ3v) is 3.94. The minimum atomic E-state index is -0.744. The van der Waals surface area contributed by atoms with Crippen molar-refractivity contribution in [2.45, 2.75) is 19.9 Å². The number of carbonyl (C=O) groups excluding carboxylic acids is 2. The van der Waals surface area contributed by atoms with Crippen LogP contribution in [-0.4, -0.2) is 24.1 Å². The van der Waals surface area contributed by atoms with Gasteiger partial charge in [0, 0.05) is 10.6 Å². The van der Waals surface area contributed by atoms with E-state index >= 15 is 0 Å². The van der Waals surface area contributed by atoms with Crippen molar-refractivity contribution in [3.8, 4) is 0 Å². The summed E-state index contributed by atoms with van der Waals surface area (Å²) in [7, 11) is 0. The second kappa shape index (κ2) is 8.82. The van der Waals surface area contributed by atoms with Crippen LogP contribution in [0.4, 0.5) is 0 Å². The van der Waals surface area contributed by atoms with Crippen LogP contribution in [0.3, 0.4) is 0 Å². The molecule has 132 valence electrons. The summed E-state index contributed by atoms with van der Waals surface area (Å²) in [4.78, 5) is 24.6. The summed E-state index contributed by atoms with van der Waals surface area (Å²) in [6, 6.07) is 9.18. The zero-order valence-electron chi connectivity index (χ0n) is 13.6. The van der Waals surface area contributed by atoms with Crippen LogP contribution >= 0.6 is 27.5 Å². The number of nitrogens with zero attached hydrogens (tertiary/aromatic N) is 1. The number of carbonyl (C=O) groups is 2. The average molecular weight is 427 g/mol. The summed E-state index contributed by atoms with van der Waals surface area (Å²) in [6.45, 7) is 3.66. The van der Waals surface area contributed by atoms with Crippen LogP contribution < -0.4 is 10.7 Å². The van der Waals surface area contributed by atoms with Crippen LogP contribution in [0.1, 0.15) is 30.0 Å². The van der Waals surface area contributed by atoms with Crippen molar-refractivity contribution in [3.63, 3.8) is 0 Å². The SMILES string of the molecule is CC(C)C(NC(=O)c1cccc(Cl)c1)C(=O)N/N=C\c1ccc(Br)o1. The van der Waals surface area contributed by atoms with E-state index in [-0.39, 0.29) is 11.8 Å². The Labute approximate surface area is 158 Å². The number of amides is 2. The topological polar surface area (TPSA) is 83.7 Å². The van der Waals surface area contributed by atoms with Crippen molar-refractivity contribution in [3.05, 3.63) is 57.4 Å². The third kappa shape index (κ3) is 5.72. The quantitative estimate of drug-likeness (QED) is 0.547. The van der Waals surface area contributed by atoms with Gasteiger partial charge in [0.05, 0.1) is 6.21 Å². The van der Waals surface area contributed by atoms with Gasteiger partial charge in [0.1, 0.15) is 11.8 Å². The maximum atomic E-state index is 12.3. The van der Waals surface area contributed by atoms with Crippen molar-refractivity contribution in [1.29, 1.82) is 0 Å². The molecule has 0 bridgehead atoms. The lowest BCUT2D eigenvalue weighted by Gasteiger charge is -2.20. The molecule has 0 radical (unpaired) electrons. The molecule has 0 aliphatic rings. The summed E-state index contributed by atoms with van der Waals surface area (Å²) in [6.07, 6.45) is 1.37. The smallest absolute Gasteiger partial charge is 0.262 e. The first kappa shape index (κ1) is 19.2. The highest BCUT2D eigenvalue weighted by atomic mass is 79.9. The van der Waals surface area contributed by atoms with Gasteiger partial charge in [0.2, 0.25) is 0 Å². The molecule has 6 nitrogen and oxygen atoms in total. The molecule has 1 unspecified atom stereocenters. The Bertz CT molecular complexity index is 789. The summed E-state index contributed by atoms with van der Waals surface area (Å²) in [5, 5.41) is 6.99. The molecule has 25 heavy (non-hydrogen) atoms. The van der Waals surface area contributed by atoms with Crippen molar-refractivity contribution < 1.29 is 14.0 Å². The number of benzene rings is 1. The Balaban J connectivity index is 2.00. The number of halogens is 2. The molecule has 0 aliphatic carbocycles. The number of rotatable bonds is 6. The van der Waals surface area contributed by atoms with Gasteiger partial charge in [-0.1, -0.05) is 31.5 Å². The highest BCUT2D eigenvalue weighted by molar-refractivity contribution is 9.10. The lowest BCUT2D eigenvalue weighted by molar-refractivity contribution is -0.123. The van der Waals surface area contributed by atoms with E-state index in [0.29, 0.717) is 21.0 Å². The van der Waals surface area contributed by atoms with E-state index in [1.807, 2.05) is 13.8 Å². The Hall–Kier alpha value is -2.12. The molecule has 1 heterocycles. The number of hydrogen-bond acceptors (Lipinski definition) is 4. The van der Waals surface area contributed by atoms with Crippen molar-refractivity contribution in [2.24, 2.45) is 11.0 Å². The second-order valence-electron chi connectivity index (χ2n) is 5.58. The summed E-state index contributed by atoms with van der Waals surface area (Å²) < 4.78 is 5.80. The fourth-order valence-electron chi connectivity index (χ4n) is 2.02. The molecule has 2 N–H and O–H groups in total. The van der Waals surface area contributed by atoms with E-state index in [1.54, 1.807) is 36.4 Å². The standard InChI is InChI=1S/C17H17BrClN3O3/c1-10(2)15(21-16(23)11-4-3-5-12(19)8-11)17(24)22-20-9-13-6-7-14(18)25-13/h3-10,15H,1-2H3,(H,21,23)(H,22,24)/b20-9-. The summed E-state index contributed by atoms with van der Waals surface area (Å²) >= 11 is 9.07. The van der Waals surface area contributed by atoms with E-state index in [4.69, 9.17) is 16.0 Å². The van der Waals surface area contributed by atoms with Crippen LogP contribution in [0.15, 0.2) is 50.6 Å². The summed E-state index contributed by atoms with van der Waals surface area (Å²) in [5.74, 6) is -0.449. The van der Waals surface area contributed by atoms with Gasteiger partial charge < -0.3 is 9.73 Å². The van der Waals surface area contributed by atoms with Gasteiger partial charge in [-0.25, -0.2) is 5.43 Å². The van der Waals surface area contributed by atoms with E-state index in [1.165, 1.54) is 6.21 Å². The fraction of sp³-hybridized carbons (Fsp3) is 0.235. The summed E-state index contributed by atoms with van der Waals surface area (Å²) in [5.41, 5.74) is 2.79. The minimum absolute atomic E-state index is 0.129. The van der Waals surface area contributed by atoms with E-state index in [9.17, 15) is 9.59 Å². The highest BCUT2D eigenvalue weighted by Gasteiger charge is 2.24. The maximum Gasteiger partial charge on any atom is 0.262 e. The van der Waals surface area contributed by atoms with E-state index < -0.39 is 11.9 Å². The Morgan fingerprint density at radius 3 is 2.64 bits per heavy atom. The maximum absolute atomic E-state index is 12.3. The number of nitrogens with one attached hydrogen (secondary N) is 2. The molecule has 2 aromatic rings. The van der Waals surface area contributed by atoms with Gasteiger partial charge >= 0.3 is 0 Å². The van der Waals surface area contributed by atoms with Gasteiger partial charge in [0.15, 0.2) is 4.67 Å². The molecule has 0 fully saturated rings. The van der Waals surface area contributed by atoms with Crippen LogP contribution in [0, 0.1) is 5.92 Å². The molecule has 2 rings (SSSR count). The van der Waals surface area contributed by atoms with Crippen LogP contribution in [0.25, 0.3) is 0 Å². The van der Waals surface area contributed by atoms with Crippen molar-refractivity contribution >= 4 is 45.6 Å². The molecular weight excluding hydrogens is 410 g/mol. The first-order valence-corrected chi connectivity index (χ1v) is 8.68. The number of hydrogen-bond donors (Lipinski definition) is 2. The third-order valence-electron chi connectivity index (χ3n) is 3.28. The number of furan rings is 1. The Morgan fingerprint density at radius 2 is 2.04 bits per heavy atom. The largest absolute Gasteiger partial charge is 0.448 e. The van der Waals surface area contributed by atoms with Gasteiger partial charge in [-0.05, 0) is 52.2 Å². The van der Waals surface area contributed by atoms with Gasteiger partial charge in [-0.15, -0.1) is 0 Å². The van der Waals surface area contributed by atoms with Crippen molar-refractivity contribution in [1.82, 2.24) is 10.7 Å². The first-order valence-electron chi connectivity index (χ1n) is 7.51. The lowest BCUT2D eigenvalue weighted by atomic mass is 10.0. The monoisotopic (exact) mass is 425 g/mol. The second-order valence-corrected chi connectivity index (χ2v) is 6.80. The number of hydrazone groups is 1. The molecule has 0 saturated carbocycles. The molecule has 0 saturated heterocycles. The molecule has 1 atom stereocenters. The molecular formula is C17H17BrClN3O3. The van der Waals surface area contributed by atoms with Crippen LogP contribution in [0.5, 0.6) is 0 Å². The molecule has 0 aliphatic heterocycles. The van der Waals surface area contributed by atoms with Crippen LogP contribution in [-0.2, 0) is 4.79 Å². The molecule has 2 amide bonds. The van der Waals surface area contributed by atoms with Crippen LogP contribution in [0.2, 0.25) is 5.02 Å². The molecule has 8 heteroatoms. The molecule has 1 aromatic carbocycles. The van der Waals surface area contributed by atoms with Gasteiger partial charge in [-0.3, -0.25) is 9.59 Å². The average Bonchev–Trinajstić information content (AvgIpc) is 2.97. The lowest BCUT2D eigenvalue weighted by Crippen LogP contribution is -2.48. The van der Waals surface area contributed by atoms with Gasteiger partial charge in [-0.2, -0.15) is 5.10 Å². The normalized spacial score (nSPS) is 12.4. The van der Waals surface area contributed by atoms with E-state index in [2.05, 4.69) is 31.8 Å². The predicted octanol–water partition coefficient (Wildman–Crippen LogP) is 3.60. The predicted molar refractivity (Wildman–Crippen MR) is 99.7 cm³/mol. The first-order chi connectivity index (χ1) is 11.9. The van der Waals surface area contributed by atoms with E-state index in [0.717, 1.165) is 0 Å². The van der Waals surface area contributed by atoms with Crippen molar-refractivity contribution in [2.75, 3.05) is 0 Å². The molecule has 1 aromatic heterocycles. The molecule has 0 spiro atoms. The minimum Gasteiger partial charge on any atom is -0.448 e. The Morgan fingerprint density at radius 1 is 1.28 bits per heavy atom. The zero-order valence-corrected chi connectivity index (χ0v) is 16.0.